The van der Waals surface area contributed by atoms with Crippen molar-refractivity contribution in [2.75, 3.05) is 20.7 Å². The number of thiocarbonyl (C=S) groups is 1. The van der Waals surface area contributed by atoms with Crippen LogP contribution in [-0.2, 0) is 25.7 Å². The lowest BCUT2D eigenvalue weighted by Gasteiger charge is -2.16. The maximum Gasteiger partial charge on any atom is 0.325 e. The molecule has 0 radical (unpaired) electrons. The Morgan fingerprint density at radius 3 is 2.70 bits per heavy atom. The number of carbonyl (C=O) groups is 3. The highest BCUT2D eigenvalue weighted by Gasteiger charge is 2.37. The van der Waals surface area contributed by atoms with Gasteiger partial charge >= 0.3 is 5.97 Å². The van der Waals surface area contributed by atoms with Crippen LogP contribution in [0, 0.1) is 0 Å². The molecule has 1 saturated heterocycles. The smallest absolute Gasteiger partial charge is 0.325 e. The van der Waals surface area contributed by atoms with Crippen molar-refractivity contribution >= 4 is 52.1 Å². The Labute approximate surface area is 179 Å². The van der Waals surface area contributed by atoms with Crippen LogP contribution in [-0.4, -0.2) is 64.0 Å². The zero-order valence-electron chi connectivity index (χ0n) is 16.8. The maximum absolute atomic E-state index is 12.8. The molecule has 2 heterocycles. The van der Waals surface area contributed by atoms with E-state index in [9.17, 15) is 14.4 Å². The van der Waals surface area contributed by atoms with Crippen molar-refractivity contribution in [3.05, 3.63) is 41.7 Å². The van der Waals surface area contributed by atoms with Gasteiger partial charge in [-0.2, -0.15) is 0 Å². The summed E-state index contributed by atoms with van der Waals surface area (Å²) in [5.74, 6) is -0.833. The number of likely N-dealkylation sites (N-methyl/N-ethyl adjacent to an activating group) is 1. The summed E-state index contributed by atoms with van der Waals surface area (Å²) in [6, 6.07) is 7.96. The average molecular weight is 426 g/mol. The highest BCUT2D eigenvalue weighted by atomic mass is 32.1. The number of ether oxygens (including phenoxy) is 1. The van der Waals surface area contributed by atoms with Crippen molar-refractivity contribution in [1.82, 2.24) is 19.7 Å². The highest BCUT2D eigenvalue weighted by Crippen LogP contribution is 2.28. The minimum Gasteiger partial charge on any atom is -0.468 e. The molecule has 4 rings (SSSR count). The molecule has 0 atom stereocenters. The molecule has 8 nitrogen and oxygen atoms in total. The predicted octanol–water partition coefficient (Wildman–Crippen LogP) is 1.49. The molecular weight excluding hydrogens is 404 g/mol. The summed E-state index contributed by atoms with van der Waals surface area (Å²) in [6.07, 6.45) is 5.61. The molecule has 156 valence electrons. The van der Waals surface area contributed by atoms with Gasteiger partial charge in [0.25, 0.3) is 5.91 Å². The number of benzene rings is 1. The van der Waals surface area contributed by atoms with Crippen molar-refractivity contribution in [2.45, 2.75) is 25.4 Å². The van der Waals surface area contributed by atoms with E-state index in [4.69, 9.17) is 17.0 Å². The van der Waals surface area contributed by atoms with Crippen molar-refractivity contribution in [2.24, 2.45) is 0 Å². The summed E-state index contributed by atoms with van der Waals surface area (Å²) in [4.78, 5) is 39.7. The first-order valence-electron chi connectivity index (χ1n) is 9.64. The zero-order chi connectivity index (χ0) is 21.4. The van der Waals surface area contributed by atoms with Gasteiger partial charge in [-0.05, 0) is 37.2 Å². The number of nitrogens with one attached hydrogen (secondary N) is 1. The molecule has 1 aliphatic carbocycles. The number of hydrogen-bond acceptors (Lipinski definition) is 5. The molecule has 9 heteroatoms. The second-order valence-corrected chi connectivity index (χ2v) is 7.78. The molecule has 1 aliphatic heterocycles. The SMILES string of the molecule is COC(=O)CN1C(=S)N(C)C(=O)/C1=C/c1cn(CC(=O)NC2CC2)c2ccccc12. The van der Waals surface area contributed by atoms with Crippen LogP contribution < -0.4 is 5.32 Å². The summed E-state index contributed by atoms with van der Waals surface area (Å²) >= 11 is 5.33. The number of methoxy groups -OCH3 is 1. The molecule has 30 heavy (non-hydrogen) atoms. The van der Waals surface area contributed by atoms with Crippen molar-refractivity contribution in [3.63, 3.8) is 0 Å². The first kappa shape index (κ1) is 20.1. The van der Waals surface area contributed by atoms with E-state index in [0.717, 1.165) is 29.3 Å². The molecule has 2 aromatic rings. The normalized spacial score (nSPS) is 17.9. The van der Waals surface area contributed by atoms with E-state index in [1.54, 1.807) is 13.1 Å². The second-order valence-electron chi connectivity index (χ2n) is 7.41. The van der Waals surface area contributed by atoms with Crippen LogP contribution >= 0.6 is 12.2 Å². The van der Waals surface area contributed by atoms with Crippen LogP contribution in [0.4, 0.5) is 0 Å². The second kappa shape index (κ2) is 7.91. The van der Waals surface area contributed by atoms with Crippen LogP contribution in [0.25, 0.3) is 17.0 Å². The van der Waals surface area contributed by atoms with Crippen LogP contribution in [0.2, 0.25) is 0 Å². The minimum atomic E-state index is -0.495. The third kappa shape index (κ3) is 3.80. The van der Waals surface area contributed by atoms with Gasteiger partial charge in [-0.1, -0.05) is 18.2 Å². The molecule has 2 aliphatic rings. The van der Waals surface area contributed by atoms with Crippen LogP contribution in [0.5, 0.6) is 0 Å². The van der Waals surface area contributed by atoms with E-state index < -0.39 is 5.97 Å². The molecule has 0 unspecified atom stereocenters. The molecule has 0 bridgehead atoms. The van der Waals surface area contributed by atoms with Gasteiger partial charge in [-0.3, -0.25) is 19.3 Å². The number of carbonyl (C=O) groups excluding carboxylic acids is 3. The average Bonchev–Trinajstić information content (AvgIpc) is 3.46. The Morgan fingerprint density at radius 1 is 1.27 bits per heavy atom. The molecule has 1 saturated carbocycles. The topological polar surface area (TPSA) is 83.9 Å². The Morgan fingerprint density at radius 2 is 2.00 bits per heavy atom. The molecule has 1 N–H and O–H groups in total. The van der Waals surface area contributed by atoms with E-state index in [1.165, 1.54) is 16.9 Å². The lowest BCUT2D eigenvalue weighted by Crippen LogP contribution is -2.33. The third-order valence-electron chi connectivity index (χ3n) is 5.22. The van der Waals surface area contributed by atoms with Crippen LogP contribution in [0.15, 0.2) is 36.2 Å². The quantitative estimate of drug-likeness (QED) is 0.428. The van der Waals surface area contributed by atoms with Gasteiger partial charge in [0.05, 0.1) is 7.11 Å². The molecule has 1 aromatic carbocycles. The number of esters is 1. The number of para-hydroxylation sites is 1. The number of rotatable bonds is 6. The standard InChI is InChI=1S/C21H22N4O4S/c1-23-20(28)17(25(21(23)30)12-19(27)29-2)9-13-10-24(11-18(26)22-14-7-8-14)16-6-4-3-5-15(13)16/h3-6,9-10,14H,7-8,11-12H2,1-2H3,(H,22,26)/b17-9-. The van der Waals surface area contributed by atoms with E-state index in [1.807, 2.05) is 35.0 Å². The Hall–Kier alpha value is -3.20. The fourth-order valence-electron chi connectivity index (χ4n) is 3.47. The fourth-order valence-corrected chi connectivity index (χ4v) is 3.71. The Kier molecular flexibility index (Phi) is 5.29. The minimum absolute atomic E-state index is 0.0392. The summed E-state index contributed by atoms with van der Waals surface area (Å²) < 4.78 is 6.61. The fraction of sp³-hybridized carbons (Fsp3) is 0.333. The number of fused-ring (bicyclic) bond motifs is 1. The number of nitrogens with zero attached hydrogens (tertiary/aromatic N) is 3. The predicted molar refractivity (Wildman–Crippen MR) is 115 cm³/mol. The van der Waals surface area contributed by atoms with Gasteiger partial charge in [0.15, 0.2) is 5.11 Å². The van der Waals surface area contributed by atoms with Gasteiger partial charge in [0.1, 0.15) is 18.8 Å². The summed E-state index contributed by atoms with van der Waals surface area (Å²) in [5, 5.41) is 4.13. The van der Waals surface area contributed by atoms with Gasteiger partial charge < -0.3 is 19.5 Å². The Balaban J connectivity index is 1.71. The number of aromatic nitrogens is 1. The first-order valence-corrected chi connectivity index (χ1v) is 10.0. The molecule has 2 amide bonds. The summed E-state index contributed by atoms with van der Waals surface area (Å²) in [5.41, 5.74) is 1.94. The molecule has 2 fully saturated rings. The summed E-state index contributed by atoms with van der Waals surface area (Å²) in [7, 11) is 2.86. The largest absolute Gasteiger partial charge is 0.468 e. The zero-order valence-corrected chi connectivity index (χ0v) is 17.6. The third-order valence-corrected chi connectivity index (χ3v) is 5.71. The van der Waals surface area contributed by atoms with Gasteiger partial charge in [-0.15, -0.1) is 0 Å². The van der Waals surface area contributed by atoms with Gasteiger partial charge in [-0.25, -0.2) is 0 Å². The lowest BCUT2D eigenvalue weighted by molar-refractivity contribution is -0.140. The molecular formula is C21H22N4O4S. The first-order chi connectivity index (χ1) is 14.4. The van der Waals surface area contributed by atoms with Crippen molar-refractivity contribution in [3.8, 4) is 0 Å². The van der Waals surface area contributed by atoms with E-state index in [2.05, 4.69) is 5.32 Å². The highest BCUT2D eigenvalue weighted by molar-refractivity contribution is 7.80. The molecule has 0 spiro atoms. The van der Waals surface area contributed by atoms with Crippen LogP contribution in [0.1, 0.15) is 18.4 Å². The van der Waals surface area contributed by atoms with E-state index >= 15 is 0 Å². The lowest BCUT2D eigenvalue weighted by atomic mass is 10.1. The van der Waals surface area contributed by atoms with Gasteiger partial charge in [0, 0.05) is 35.8 Å². The Bertz CT molecular complexity index is 1090. The number of hydrogen-bond donors (Lipinski definition) is 1. The van der Waals surface area contributed by atoms with Gasteiger partial charge in [0.2, 0.25) is 5.91 Å². The monoisotopic (exact) mass is 426 g/mol. The molecule has 1 aromatic heterocycles. The van der Waals surface area contributed by atoms with Crippen LogP contribution in [0.3, 0.4) is 0 Å². The summed E-state index contributed by atoms with van der Waals surface area (Å²) in [6.45, 7) is 0.0397. The number of amides is 2. The van der Waals surface area contributed by atoms with Crippen molar-refractivity contribution < 1.29 is 19.1 Å². The van der Waals surface area contributed by atoms with Crippen molar-refractivity contribution in [1.29, 1.82) is 0 Å². The van der Waals surface area contributed by atoms with E-state index in [-0.39, 0.29) is 30.0 Å². The maximum atomic E-state index is 12.8. The van der Waals surface area contributed by atoms with E-state index in [0.29, 0.717) is 11.7 Å².